The SMILES string of the molecule is CCS(=O)(=O)CCNCC1(c2ccc3ncnc(Nc4ccc(OCc5cccc(F)c5)c(Cl)c4)c3c2)CC=CO1. The second-order valence-electron chi connectivity index (χ2n) is 9.74. The van der Waals surface area contributed by atoms with Crippen molar-refractivity contribution in [2.75, 3.05) is 29.9 Å². The molecule has 0 bridgehead atoms. The molecule has 5 rings (SSSR count). The number of anilines is 2. The number of sulfone groups is 1. The number of hydrogen-bond acceptors (Lipinski definition) is 8. The number of ether oxygens (including phenoxy) is 2. The van der Waals surface area contributed by atoms with Gasteiger partial charge in [0, 0.05) is 36.3 Å². The van der Waals surface area contributed by atoms with Gasteiger partial charge in [-0.3, -0.25) is 0 Å². The third-order valence-corrected chi connectivity index (χ3v) is 8.92. The number of nitrogens with one attached hydrogen (secondary N) is 2. The zero-order valence-corrected chi connectivity index (χ0v) is 24.0. The summed E-state index contributed by atoms with van der Waals surface area (Å²) in [5, 5.41) is 7.76. The van der Waals surface area contributed by atoms with Gasteiger partial charge in [0.05, 0.1) is 22.6 Å². The van der Waals surface area contributed by atoms with Gasteiger partial charge in [0.1, 0.15) is 35.9 Å². The second kappa shape index (κ2) is 12.4. The molecule has 0 spiro atoms. The van der Waals surface area contributed by atoms with Gasteiger partial charge in [-0.2, -0.15) is 0 Å². The lowest BCUT2D eigenvalue weighted by atomic mass is 9.90. The molecule has 2 heterocycles. The molecule has 1 aromatic heterocycles. The van der Waals surface area contributed by atoms with E-state index >= 15 is 0 Å². The number of aromatic nitrogens is 2. The Labute approximate surface area is 243 Å². The van der Waals surface area contributed by atoms with Crippen molar-refractivity contribution >= 4 is 43.8 Å². The first-order chi connectivity index (χ1) is 19.8. The summed E-state index contributed by atoms with van der Waals surface area (Å²) in [6.07, 6.45) is 5.75. The monoisotopic (exact) mass is 596 g/mol. The first kappa shape index (κ1) is 28.8. The highest BCUT2D eigenvalue weighted by atomic mass is 35.5. The largest absolute Gasteiger partial charge is 0.489 e. The predicted molar refractivity (Wildman–Crippen MR) is 159 cm³/mol. The highest BCUT2D eigenvalue weighted by molar-refractivity contribution is 7.91. The molecule has 214 valence electrons. The molecule has 0 fully saturated rings. The molecule has 8 nitrogen and oxygen atoms in total. The lowest BCUT2D eigenvalue weighted by Gasteiger charge is -2.30. The van der Waals surface area contributed by atoms with E-state index in [0.717, 1.165) is 16.5 Å². The van der Waals surface area contributed by atoms with Gasteiger partial charge < -0.3 is 20.1 Å². The summed E-state index contributed by atoms with van der Waals surface area (Å²) in [5.74, 6) is 0.933. The van der Waals surface area contributed by atoms with Crippen LogP contribution in [0.2, 0.25) is 5.02 Å². The Morgan fingerprint density at radius 2 is 2.00 bits per heavy atom. The van der Waals surface area contributed by atoms with Crippen molar-refractivity contribution in [3.63, 3.8) is 0 Å². The van der Waals surface area contributed by atoms with Crippen molar-refractivity contribution < 1.29 is 22.3 Å². The van der Waals surface area contributed by atoms with Gasteiger partial charge in [-0.1, -0.05) is 36.7 Å². The van der Waals surface area contributed by atoms with Crippen LogP contribution in [-0.2, 0) is 26.8 Å². The van der Waals surface area contributed by atoms with Crippen molar-refractivity contribution in [3.05, 3.63) is 101 Å². The van der Waals surface area contributed by atoms with E-state index < -0.39 is 15.4 Å². The number of hydrogen-bond donors (Lipinski definition) is 2. The van der Waals surface area contributed by atoms with Gasteiger partial charge in [-0.15, -0.1) is 0 Å². The molecule has 0 saturated heterocycles. The van der Waals surface area contributed by atoms with Crippen LogP contribution in [0, 0.1) is 5.82 Å². The molecule has 4 aromatic rings. The fraction of sp³-hybridized carbons (Fsp3) is 0.267. The van der Waals surface area contributed by atoms with E-state index in [1.807, 2.05) is 30.3 Å². The summed E-state index contributed by atoms with van der Waals surface area (Å²) in [5.41, 5.74) is 2.38. The van der Waals surface area contributed by atoms with E-state index in [9.17, 15) is 12.8 Å². The second-order valence-corrected chi connectivity index (χ2v) is 12.6. The highest BCUT2D eigenvalue weighted by Crippen LogP contribution is 2.37. The molecule has 0 saturated carbocycles. The van der Waals surface area contributed by atoms with E-state index in [2.05, 4.69) is 20.6 Å². The Hall–Kier alpha value is -3.73. The summed E-state index contributed by atoms with van der Waals surface area (Å²) in [7, 11) is -3.06. The lowest BCUT2D eigenvalue weighted by molar-refractivity contribution is 0.0419. The normalized spacial score (nSPS) is 16.6. The van der Waals surface area contributed by atoms with Crippen LogP contribution in [0.3, 0.4) is 0 Å². The van der Waals surface area contributed by atoms with Gasteiger partial charge in [-0.25, -0.2) is 22.8 Å². The molecule has 1 aliphatic heterocycles. The van der Waals surface area contributed by atoms with Crippen LogP contribution in [0.15, 0.2) is 79.3 Å². The van der Waals surface area contributed by atoms with Crippen LogP contribution in [0.5, 0.6) is 5.75 Å². The number of rotatable bonds is 12. The molecule has 1 unspecified atom stereocenters. The minimum absolute atomic E-state index is 0.0732. The van der Waals surface area contributed by atoms with Crippen molar-refractivity contribution in [1.82, 2.24) is 15.3 Å². The molecule has 41 heavy (non-hydrogen) atoms. The maximum Gasteiger partial charge on any atom is 0.151 e. The quantitative estimate of drug-likeness (QED) is 0.195. The molecule has 0 radical (unpaired) electrons. The maximum atomic E-state index is 13.5. The summed E-state index contributed by atoms with van der Waals surface area (Å²) in [6, 6.07) is 17.4. The standard InChI is InChI=1S/C30H30ClFN4O4S/c1-2-41(37,38)14-12-33-19-30(11-4-13-40-30)22-7-9-27-25(16-22)29(35-20-34-27)36-24-8-10-28(26(31)17-24)39-18-21-5-3-6-23(32)15-21/h3-10,13,15-17,20,33H,2,11-12,14,18-19H2,1H3,(H,34,35,36). The van der Waals surface area contributed by atoms with E-state index in [4.69, 9.17) is 21.1 Å². The first-order valence-electron chi connectivity index (χ1n) is 13.2. The van der Waals surface area contributed by atoms with Crippen LogP contribution in [0.1, 0.15) is 24.5 Å². The number of fused-ring (bicyclic) bond motifs is 1. The summed E-state index contributed by atoms with van der Waals surface area (Å²) < 4.78 is 49.1. The van der Waals surface area contributed by atoms with Crippen LogP contribution >= 0.6 is 11.6 Å². The molecular weight excluding hydrogens is 567 g/mol. The third-order valence-electron chi connectivity index (χ3n) is 6.92. The van der Waals surface area contributed by atoms with E-state index in [0.29, 0.717) is 47.4 Å². The maximum absolute atomic E-state index is 13.5. The first-order valence-corrected chi connectivity index (χ1v) is 15.4. The Bertz CT molecular complexity index is 1670. The third kappa shape index (κ3) is 6.95. The molecule has 0 aliphatic carbocycles. The van der Waals surface area contributed by atoms with Gasteiger partial charge in [0.2, 0.25) is 0 Å². The fourth-order valence-electron chi connectivity index (χ4n) is 4.59. The van der Waals surface area contributed by atoms with Gasteiger partial charge in [0.15, 0.2) is 9.84 Å². The molecule has 3 aromatic carbocycles. The fourth-order valence-corrected chi connectivity index (χ4v) is 5.57. The summed E-state index contributed by atoms with van der Waals surface area (Å²) in [4.78, 5) is 8.88. The van der Waals surface area contributed by atoms with Gasteiger partial charge in [0.25, 0.3) is 0 Å². The topological polar surface area (TPSA) is 102 Å². The minimum Gasteiger partial charge on any atom is -0.489 e. The molecule has 2 N–H and O–H groups in total. The van der Waals surface area contributed by atoms with Crippen LogP contribution in [-0.4, -0.2) is 43.0 Å². The van der Waals surface area contributed by atoms with Gasteiger partial charge in [-0.05, 0) is 59.7 Å². The molecule has 1 aliphatic rings. The zero-order chi connectivity index (χ0) is 28.9. The predicted octanol–water partition coefficient (Wildman–Crippen LogP) is 5.90. The van der Waals surface area contributed by atoms with Crippen molar-refractivity contribution in [3.8, 4) is 5.75 Å². The number of halogens is 2. The van der Waals surface area contributed by atoms with E-state index in [1.54, 1.807) is 37.5 Å². The Balaban J connectivity index is 1.33. The summed E-state index contributed by atoms with van der Waals surface area (Å²) >= 11 is 6.50. The highest BCUT2D eigenvalue weighted by Gasteiger charge is 2.35. The average molecular weight is 597 g/mol. The molecule has 11 heteroatoms. The number of nitrogens with zero attached hydrogens (tertiary/aromatic N) is 2. The molecular formula is C30H30ClFN4O4S. The Morgan fingerprint density at radius 1 is 1.12 bits per heavy atom. The van der Waals surface area contributed by atoms with Crippen LogP contribution in [0.4, 0.5) is 15.9 Å². The van der Waals surface area contributed by atoms with Crippen molar-refractivity contribution in [2.24, 2.45) is 0 Å². The average Bonchev–Trinajstić information content (AvgIpc) is 3.45. The van der Waals surface area contributed by atoms with E-state index in [1.165, 1.54) is 18.5 Å². The van der Waals surface area contributed by atoms with E-state index in [-0.39, 0.29) is 23.9 Å². The Morgan fingerprint density at radius 3 is 2.76 bits per heavy atom. The van der Waals surface area contributed by atoms with Crippen LogP contribution in [0.25, 0.3) is 10.9 Å². The molecule has 0 amide bonds. The van der Waals surface area contributed by atoms with Crippen LogP contribution < -0.4 is 15.4 Å². The molecule has 1 atom stereocenters. The lowest BCUT2D eigenvalue weighted by Crippen LogP contribution is -2.39. The van der Waals surface area contributed by atoms with Gasteiger partial charge >= 0.3 is 0 Å². The summed E-state index contributed by atoms with van der Waals surface area (Å²) in [6.45, 7) is 2.61. The Kier molecular flexibility index (Phi) is 8.72. The zero-order valence-electron chi connectivity index (χ0n) is 22.4. The number of benzene rings is 3. The van der Waals surface area contributed by atoms with Crippen molar-refractivity contribution in [1.29, 1.82) is 0 Å². The minimum atomic E-state index is -3.06. The smallest absolute Gasteiger partial charge is 0.151 e. The van der Waals surface area contributed by atoms with Crippen molar-refractivity contribution in [2.45, 2.75) is 25.6 Å².